The Morgan fingerprint density at radius 1 is 1.31 bits per heavy atom. The van der Waals surface area contributed by atoms with Gasteiger partial charge in [0.25, 0.3) is 0 Å². The molecule has 68 valence electrons. The molecule has 0 N–H and O–H groups in total. The summed E-state index contributed by atoms with van der Waals surface area (Å²) < 4.78 is 4.58. The highest BCUT2D eigenvalue weighted by molar-refractivity contribution is 6.35. The molecule has 5 heteroatoms. The molecule has 0 spiro atoms. The molecule has 0 fully saturated rings. The van der Waals surface area contributed by atoms with Crippen LogP contribution in [0.2, 0.25) is 5.02 Å². The van der Waals surface area contributed by atoms with E-state index < -0.39 is 0 Å². The van der Waals surface area contributed by atoms with Crippen molar-refractivity contribution in [3.8, 4) is 0 Å². The summed E-state index contributed by atoms with van der Waals surface area (Å²) in [5.41, 5.74) is 2.26. The van der Waals surface area contributed by atoms with Gasteiger partial charge in [0, 0.05) is 19.8 Å². The van der Waals surface area contributed by atoms with Crippen LogP contribution in [-0.2, 0) is 0 Å². The molecule has 0 aliphatic heterocycles. The first kappa shape index (κ1) is 8.31. The van der Waals surface area contributed by atoms with Gasteiger partial charge in [-0.15, -0.1) is 0 Å². The number of rotatable bonds is 1. The molecule has 0 amide bonds. The maximum atomic E-state index is 5.96. The molecule has 0 aliphatic carbocycles. The van der Waals surface area contributed by atoms with E-state index in [1.54, 1.807) is 0 Å². The fourth-order valence-electron chi connectivity index (χ4n) is 1.09. The second-order valence-corrected chi connectivity index (χ2v) is 3.36. The smallest absolute Gasteiger partial charge is 0.153 e. The van der Waals surface area contributed by atoms with Gasteiger partial charge in [-0.2, -0.15) is 0 Å². The molecule has 1 aromatic heterocycles. The molecule has 0 aliphatic rings. The quantitative estimate of drug-likeness (QED) is 0.701. The van der Waals surface area contributed by atoms with Crippen molar-refractivity contribution in [2.75, 3.05) is 19.0 Å². The third-order valence-electron chi connectivity index (χ3n) is 1.82. The molecule has 0 bridgehead atoms. The van der Waals surface area contributed by atoms with E-state index in [2.05, 4.69) is 14.9 Å². The van der Waals surface area contributed by atoms with E-state index in [1.165, 1.54) is 0 Å². The van der Waals surface area contributed by atoms with Crippen LogP contribution in [0.5, 0.6) is 0 Å². The molecule has 0 atom stereocenters. The number of aromatic nitrogens is 2. The fraction of sp³-hybridized carbons (Fsp3) is 0.250. The molecule has 2 aromatic rings. The summed E-state index contributed by atoms with van der Waals surface area (Å²) in [6.45, 7) is 0. The summed E-state index contributed by atoms with van der Waals surface area (Å²) in [5, 5.41) is 7.97. The van der Waals surface area contributed by atoms with E-state index in [0.29, 0.717) is 16.1 Å². The van der Waals surface area contributed by atoms with Crippen LogP contribution in [-0.4, -0.2) is 24.4 Å². The summed E-state index contributed by atoms with van der Waals surface area (Å²) in [4.78, 5) is 1.94. The third-order valence-corrected chi connectivity index (χ3v) is 2.10. The van der Waals surface area contributed by atoms with Crippen molar-refractivity contribution in [2.24, 2.45) is 0 Å². The number of hydrogen-bond donors (Lipinski definition) is 0. The predicted molar refractivity (Wildman–Crippen MR) is 51.1 cm³/mol. The lowest BCUT2D eigenvalue weighted by atomic mass is 10.2. The highest BCUT2D eigenvalue weighted by Gasteiger charge is 2.08. The Balaban J connectivity index is 2.70. The molecule has 4 nitrogen and oxygen atoms in total. The summed E-state index contributed by atoms with van der Waals surface area (Å²) >= 11 is 5.96. The van der Waals surface area contributed by atoms with Gasteiger partial charge in [0.05, 0.1) is 5.02 Å². The molecule has 13 heavy (non-hydrogen) atoms. The summed E-state index contributed by atoms with van der Waals surface area (Å²) in [6, 6.07) is 3.70. The third kappa shape index (κ3) is 1.33. The zero-order valence-electron chi connectivity index (χ0n) is 7.28. The van der Waals surface area contributed by atoms with E-state index >= 15 is 0 Å². The topological polar surface area (TPSA) is 42.2 Å². The Kier molecular flexibility index (Phi) is 1.84. The monoisotopic (exact) mass is 197 g/mol. The van der Waals surface area contributed by atoms with Crippen molar-refractivity contribution in [1.29, 1.82) is 0 Å². The first-order valence-corrected chi connectivity index (χ1v) is 4.15. The van der Waals surface area contributed by atoms with E-state index in [0.717, 1.165) is 5.69 Å². The van der Waals surface area contributed by atoms with Crippen LogP contribution in [0.15, 0.2) is 16.8 Å². The Labute approximate surface area is 80.0 Å². The van der Waals surface area contributed by atoms with Crippen LogP contribution in [0.4, 0.5) is 5.69 Å². The highest BCUT2D eigenvalue weighted by Crippen LogP contribution is 2.26. The van der Waals surface area contributed by atoms with Crippen molar-refractivity contribution >= 4 is 28.3 Å². The number of fused-ring (bicyclic) bond motifs is 1. The minimum Gasteiger partial charge on any atom is -0.378 e. The van der Waals surface area contributed by atoms with Crippen molar-refractivity contribution in [3.05, 3.63) is 17.2 Å². The summed E-state index contributed by atoms with van der Waals surface area (Å²) in [5.74, 6) is 0. The Bertz CT molecular complexity index is 438. The molecule has 1 heterocycles. The van der Waals surface area contributed by atoms with Gasteiger partial charge in [-0.05, 0) is 22.4 Å². The average molecular weight is 198 g/mol. The Morgan fingerprint density at radius 3 is 2.77 bits per heavy atom. The fourth-order valence-corrected chi connectivity index (χ4v) is 1.34. The summed E-state index contributed by atoms with van der Waals surface area (Å²) in [7, 11) is 3.87. The number of hydrogen-bond acceptors (Lipinski definition) is 4. The first-order chi connectivity index (χ1) is 6.18. The number of anilines is 1. The van der Waals surface area contributed by atoms with Crippen LogP contribution in [0.1, 0.15) is 0 Å². The van der Waals surface area contributed by atoms with Gasteiger partial charge in [-0.1, -0.05) is 11.6 Å². The zero-order valence-corrected chi connectivity index (χ0v) is 8.04. The van der Waals surface area contributed by atoms with Gasteiger partial charge in [-0.25, -0.2) is 4.63 Å². The van der Waals surface area contributed by atoms with Crippen LogP contribution in [0.3, 0.4) is 0 Å². The molecule has 1 aromatic carbocycles. The maximum absolute atomic E-state index is 5.96. The van der Waals surface area contributed by atoms with Gasteiger partial charge in [-0.3, -0.25) is 0 Å². The lowest BCUT2D eigenvalue weighted by Crippen LogP contribution is -2.08. The van der Waals surface area contributed by atoms with Crippen LogP contribution >= 0.6 is 11.6 Å². The van der Waals surface area contributed by atoms with Gasteiger partial charge >= 0.3 is 0 Å². The second kappa shape index (κ2) is 2.88. The van der Waals surface area contributed by atoms with Gasteiger partial charge in [0.1, 0.15) is 5.52 Å². The zero-order chi connectivity index (χ0) is 9.42. The average Bonchev–Trinajstić information content (AvgIpc) is 2.51. The van der Waals surface area contributed by atoms with Gasteiger partial charge in [0.15, 0.2) is 5.52 Å². The molecule has 0 saturated carbocycles. The van der Waals surface area contributed by atoms with E-state index in [1.807, 2.05) is 31.1 Å². The van der Waals surface area contributed by atoms with Gasteiger partial charge in [0.2, 0.25) is 0 Å². The predicted octanol–water partition coefficient (Wildman–Crippen LogP) is 1.94. The standard InChI is InChI=1S/C8H8ClN3O/c1-12(2)5-3-6(9)8-7(4-5)10-13-11-8/h3-4H,1-2H3. The largest absolute Gasteiger partial charge is 0.378 e. The SMILES string of the molecule is CN(C)c1cc(Cl)c2nonc2c1. The molecular weight excluding hydrogens is 190 g/mol. The minimum atomic E-state index is 0.558. The minimum absolute atomic E-state index is 0.558. The maximum Gasteiger partial charge on any atom is 0.153 e. The second-order valence-electron chi connectivity index (χ2n) is 2.95. The molecule has 2 rings (SSSR count). The van der Waals surface area contributed by atoms with Crippen LogP contribution in [0, 0.1) is 0 Å². The molecule has 0 unspecified atom stereocenters. The van der Waals surface area contributed by atoms with Crippen LogP contribution in [0.25, 0.3) is 11.0 Å². The Morgan fingerprint density at radius 2 is 2.08 bits per heavy atom. The number of benzene rings is 1. The highest BCUT2D eigenvalue weighted by atomic mass is 35.5. The lowest BCUT2D eigenvalue weighted by Gasteiger charge is -2.11. The first-order valence-electron chi connectivity index (χ1n) is 3.77. The molecular formula is C8H8ClN3O. The Hall–Kier alpha value is -1.29. The normalized spacial score (nSPS) is 10.7. The number of halogens is 1. The van der Waals surface area contributed by atoms with Crippen LogP contribution < -0.4 is 4.90 Å². The van der Waals surface area contributed by atoms with Gasteiger partial charge < -0.3 is 4.90 Å². The summed E-state index contributed by atoms with van der Waals surface area (Å²) in [6.07, 6.45) is 0. The van der Waals surface area contributed by atoms with Crippen molar-refractivity contribution in [2.45, 2.75) is 0 Å². The van der Waals surface area contributed by atoms with Crippen molar-refractivity contribution in [3.63, 3.8) is 0 Å². The number of nitrogens with zero attached hydrogens (tertiary/aromatic N) is 3. The lowest BCUT2D eigenvalue weighted by molar-refractivity contribution is 0.315. The van der Waals surface area contributed by atoms with Crippen molar-refractivity contribution in [1.82, 2.24) is 10.3 Å². The van der Waals surface area contributed by atoms with E-state index in [-0.39, 0.29) is 0 Å². The van der Waals surface area contributed by atoms with E-state index in [4.69, 9.17) is 11.6 Å². The van der Waals surface area contributed by atoms with E-state index in [9.17, 15) is 0 Å². The molecule has 0 radical (unpaired) electrons. The molecule has 0 saturated heterocycles. The van der Waals surface area contributed by atoms with Crippen molar-refractivity contribution < 1.29 is 4.63 Å².